The van der Waals surface area contributed by atoms with Gasteiger partial charge in [0.15, 0.2) is 5.78 Å². The van der Waals surface area contributed by atoms with Crippen LogP contribution in [0, 0.1) is 5.92 Å². The zero-order valence-corrected chi connectivity index (χ0v) is 10.3. The highest BCUT2D eigenvalue weighted by Gasteiger charge is 2.68. The van der Waals surface area contributed by atoms with Crippen molar-refractivity contribution in [2.24, 2.45) is 5.92 Å². The lowest BCUT2D eigenvalue weighted by atomic mass is 9.69. The van der Waals surface area contributed by atoms with Gasteiger partial charge in [-0.1, -0.05) is 6.92 Å². The van der Waals surface area contributed by atoms with Crippen LogP contribution < -0.4 is 0 Å². The van der Waals surface area contributed by atoms with Gasteiger partial charge in [0.1, 0.15) is 5.54 Å². The summed E-state index contributed by atoms with van der Waals surface area (Å²) in [6.45, 7) is 8.91. The molecule has 1 spiro atoms. The lowest BCUT2D eigenvalue weighted by Crippen LogP contribution is -2.66. The van der Waals surface area contributed by atoms with Crippen LogP contribution in [0.25, 0.3) is 0 Å². The third-order valence-corrected chi connectivity index (χ3v) is 5.12. The van der Waals surface area contributed by atoms with E-state index in [0.29, 0.717) is 12.0 Å². The predicted molar refractivity (Wildman–Crippen MR) is 58.8 cm³/mol. The molecule has 4 unspecified atom stereocenters. The second-order valence-corrected chi connectivity index (χ2v) is 5.26. The largest absolute Gasteiger partial charge is 0.372 e. The molecule has 15 heavy (non-hydrogen) atoms. The molecule has 0 radical (unpaired) electrons. The smallest absolute Gasteiger partial charge is 0.152 e. The maximum atomic E-state index is 12.0. The lowest BCUT2D eigenvalue weighted by molar-refractivity contribution is -0.206. The molecule has 2 rings (SSSR count). The van der Waals surface area contributed by atoms with Gasteiger partial charge in [-0.2, -0.15) is 0 Å². The molecule has 0 saturated carbocycles. The van der Waals surface area contributed by atoms with Crippen LogP contribution >= 0.6 is 0 Å². The van der Waals surface area contributed by atoms with Gasteiger partial charge in [0.2, 0.25) is 0 Å². The molecule has 2 saturated heterocycles. The third kappa shape index (κ3) is 1.01. The molecule has 2 heterocycles. The van der Waals surface area contributed by atoms with Gasteiger partial charge in [-0.05, 0) is 27.8 Å². The first-order chi connectivity index (χ1) is 6.88. The molecule has 2 aliphatic rings. The molecule has 0 N–H and O–H groups in total. The third-order valence-electron chi connectivity index (χ3n) is 5.12. The van der Waals surface area contributed by atoms with Crippen molar-refractivity contribution >= 4 is 5.78 Å². The van der Waals surface area contributed by atoms with Crippen molar-refractivity contribution in [1.29, 1.82) is 0 Å². The normalized spacial score (nSPS) is 50.7. The highest BCUT2D eigenvalue weighted by Crippen LogP contribution is 2.53. The van der Waals surface area contributed by atoms with Crippen LogP contribution in [0.4, 0.5) is 0 Å². The number of likely N-dealkylation sites (tertiary alicyclic amines) is 1. The van der Waals surface area contributed by atoms with Gasteiger partial charge >= 0.3 is 0 Å². The fourth-order valence-electron chi connectivity index (χ4n) is 3.49. The summed E-state index contributed by atoms with van der Waals surface area (Å²) in [5, 5.41) is 0. The fourth-order valence-corrected chi connectivity index (χ4v) is 3.49. The number of nitrogens with zero attached hydrogens (tertiary/aromatic N) is 1. The van der Waals surface area contributed by atoms with Crippen LogP contribution in [0.5, 0.6) is 0 Å². The van der Waals surface area contributed by atoms with E-state index in [9.17, 15) is 4.79 Å². The van der Waals surface area contributed by atoms with E-state index < -0.39 is 5.54 Å². The number of hydrogen-bond donors (Lipinski definition) is 0. The molecule has 86 valence electrons. The van der Waals surface area contributed by atoms with Crippen molar-refractivity contribution in [3.05, 3.63) is 0 Å². The second kappa shape index (κ2) is 3.05. The first kappa shape index (κ1) is 11.1. The van der Waals surface area contributed by atoms with Crippen molar-refractivity contribution < 1.29 is 9.53 Å². The van der Waals surface area contributed by atoms with Crippen LogP contribution in [-0.4, -0.2) is 41.5 Å². The second-order valence-electron chi connectivity index (χ2n) is 5.26. The molecule has 3 heteroatoms. The topological polar surface area (TPSA) is 29.5 Å². The highest BCUT2D eigenvalue weighted by atomic mass is 16.5. The number of carbonyl (C=O) groups excluding carboxylic acids is 1. The van der Waals surface area contributed by atoms with Gasteiger partial charge in [0.05, 0.1) is 12.2 Å². The standard InChI is InChI=1S/C12H21NO2/c1-8-9(2)13(5)11(4,10(3)14)12(8)6-7-15-12/h8-9H,6-7H2,1-5H3. The molecule has 4 atom stereocenters. The Bertz CT molecular complexity index is 298. The summed E-state index contributed by atoms with van der Waals surface area (Å²) in [6.07, 6.45) is 1.01. The van der Waals surface area contributed by atoms with Gasteiger partial charge in [-0.3, -0.25) is 9.69 Å². The maximum Gasteiger partial charge on any atom is 0.152 e. The van der Waals surface area contributed by atoms with E-state index in [1.807, 2.05) is 14.0 Å². The van der Waals surface area contributed by atoms with Crippen LogP contribution in [0.1, 0.15) is 34.1 Å². The first-order valence-electron chi connectivity index (χ1n) is 5.76. The molecule has 0 aromatic heterocycles. The summed E-state index contributed by atoms with van der Waals surface area (Å²) in [6, 6.07) is 0.402. The summed E-state index contributed by atoms with van der Waals surface area (Å²) in [5.41, 5.74) is -0.670. The summed E-state index contributed by atoms with van der Waals surface area (Å²) in [5.74, 6) is 0.644. The van der Waals surface area contributed by atoms with Gasteiger partial charge in [0.25, 0.3) is 0 Å². The van der Waals surface area contributed by atoms with Crippen LogP contribution in [0.3, 0.4) is 0 Å². The molecule has 0 bridgehead atoms. The van der Waals surface area contributed by atoms with Crippen molar-refractivity contribution in [3.63, 3.8) is 0 Å². The number of rotatable bonds is 1. The van der Waals surface area contributed by atoms with Gasteiger partial charge in [-0.25, -0.2) is 0 Å². The molecular weight excluding hydrogens is 190 g/mol. The van der Waals surface area contributed by atoms with E-state index in [0.717, 1.165) is 13.0 Å². The Morgan fingerprint density at radius 3 is 2.27 bits per heavy atom. The van der Waals surface area contributed by atoms with E-state index in [1.54, 1.807) is 6.92 Å². The van der Waals surface area contributed by atoms with Gasteiger partial charge in [-0.15, -0.1) is 0 Å². The average Bonchev–Trinajstić information content (AvgIpc) is 2.26. The van der Waals surface area contributed by atoms with E-state index in [-0.39, 0.29) is 11.4 Å². The van der Waals surface area contributed by atoms with E-state index in [1.165, 1.54) is 0 Å². The van der Waals surface area contributed by atoms with E-state index >= 15 is 0 Å². The number of Topliss-reactive ketones (excluding diaryl/α,β-unsaturated/α-hetero) is 1. The van der Waals surface area contributed by atoms with Crippen LogP contribution in [0.15, 0.2) is 0 Å². The summed E-state index contributed by atoms with van der Waals surface area (Å²) < 4.78 is 5.85. The molecule has 0 aromatic carbocycles. The Labute approximate surface area is 91.8 Å². The zero-order chi connectivity index (χ0) is 11.4. The Hall–Kier alpha value is -0.410. The first-order valence-corrected chi connectivity index (χ1v) is 5.76. The summed E-state index contributed by atoms with van der Waals surface area (Å²) in [4.78, 5) is 14.1. The minimum Gasteiger partial charge on any atom is -0.372 e. The van der Waals surface area contributed by atoms with Crippen molar-refractivity contribution in [2.75, 3.05) is 13.7 Å². The maximum absolute atomic E-state index is 12.0. The van der Waals surface area contributed by atoms with Crippen molar-refractivity contribution in [1.82, 2.24) is 4.90 Å². The van der Waals surface area contributed by atoms with E-state index in [4.69, 9.17) is 4.74 Å². The number of ketones is 1. The minimum atomic E-state index is -0.440. The molecule has 2 fully saturated rings. The zero-order valence-electron chi connectivity index (χ0n) is 10.3. The fraction of sp³-hybridized carbons (Fsp3) is 0.917. The molecular formula is C12H21NO2. The Morgan fingerprint density at radius 2 is 2.00 bits per heavy atom. The van der Waals surface area contributed by atoms with Crippen LogP contribution in [-0.2, 0) is 9.53 Å². The quantitative estimate of drug-likeness (QED) is 0.657. The molecule has 0 aliphatic carbocycles. The Balaban J connectivity index is 2.47. The van der Waals surface area contributed by atoms with Gasteiger partial charge < -0.3 is 4.74 Å². The molecule has 0 amide bonds. The number of ether oxygens (including phenoxy) is 1. The van der Waals surface area contributed by atoms with Crippen LogP contribution in [0.2, 0.25) is 0 Å². The SMILES string of the molecule is CC(=O)C1(C)N(C)C(C)C(C)C12CCO2. The van der Waals surface area contributed by atoms with Crippen molar-refractivity contribution in [3.8, 4) is 0 Å². The molecule has 0 aromatic rings. The number of hydrogen-bond acceptors (Lipinski definition) is 3. The summed E-state index contributed by atoms with van der Waals surface area (Å²) in [7, 11) is 2.04. The monoisotopic (exact) mass is 211 g/mol. The van der Waals surface area contributed by atoms with Gasteiger partial charge in [0, 0.05) is 18.4 Å². The minimum absolute atomic E-state index is 0.223. The summed E-state index contributed by atoms with van der Waals surface area (Å²) >= 11 is 0. The number of likely N-dealkylation sites (N-methyl/N-ethyl adjacent to an activating group) is 1. The lowest BCUT2D eigenvalue weighted by Gasteiger charge is -2.52. The van der Waals surface area contributed by atoms with Crippen molar-refractivity contribution in [2.45, 2.75) is 51.3 Å². The average molecular weight is 211 g/mol. The highest BCUT2D eigenvalue weighted by molar-refractivity contribution is 5.88. The molecule has 3 nitrogen and oxygen atoms in total. The number of carbonyl (C=O) groups is 1. The van der Waals surface area contributed by atoms with E-state index in [2.05, 4.69) is 18.7 Å². The molecule has 2 aliphatic heterocycles. The predicted octanol–water partition coefficient (Wildman–Crippen LogP) is 1.46. The Morgan fingerprint density at radius 1 is 1.47 bits per heavy atom. The Kier molecular flexibility index (Phi) is 2.25.